The maximum Gasteiger partial charge on any atom is 0.264 e. The Morgan fingerprint density at radius 3 is 2.74 bits per heavy atom. The standard InChI is InChI=1S/C20H24FNO4S/c1-22-13-16-12-18(25-9-4-10-26-27(2,23)24)7-8-19(16)20(14-22)15-5-3-6-17(21)11-15/h3,5-8,11-12,20H,4,9-10,13-14H2,1-2H3. The van der Waals surface area contributed by atoms with Gasteiger partial charge in [0.2, 0.25) is 0 Å². The van der Waals surface area contributed by atoms with Crippen molar-refractivity contribution in [2.24, 2.45) is 0 Å². The van der Waals surface area contributed by atoms with Crippen LogP contribution in [0.3, 0.4) is 0 Å². The van der Waals surface area contributed by atoms with E-state index in [1.165, 1.54) is 11.6 Å². The number of rotatable bonds is 7. The number of ether oxygens (including phenoxy) is 1. The molecule has 0 bridgehead atoms. The van der Waals surface area contributed by atoms with E-state index in [4.69, 9.17) is 8.92 Å². The molecule has 2 aromatic rings. The monoisotopic (exact) mass is 393 g/mol. The topological polar surface area (TPSA) is 55.8 Å². The van der Waals surface area contributed by atoms with Gasteiger partial charge in [-0.3, -0.25) is 4.18 Å². The smallest absolute Gasteiger partial charge is 0.264 e. The first-order valence-corrected chi connectivity index (χ1v) is 10.7. The zero-order valence-corrected chi connectivity index (χ0v) is 16.3. The third kappa shape index (κ3) is 5.51. The summed E-state index contributed by atoms with van der Waals surface area (Å²) in [6.45, 7) is 2.11. The van der Waals surface area contributed by atoms with Gasteiger partial charge >= 0.3 is 0 Å². The van der Waals surface area contributed by atoms with Gasteiger partial charge in [-0.2, -0.15) is 8.42 Å². The molecule has 0 spiro atoms. The molecule has 0 N–H and O–H groups in total. The highest BCUT2D eigenvalue weighted by Crippen LogP contribution is 2.35. The summed E-state index contributed by atoms with van der Waals surface area (Å²) in [6, 6.07) is 12.7. The van der Waals surface area contributed by atoms with Crippen LogP contribution < -0.4 is 4.74 Å². The molecule has 1 unspecified atom stereocenters. The Morgan fingerprint density at radius 2 is 2.00 bits per heavy atom. The molecule has 0 aromatic heterocycles. The average molecular weight is 393 g/mol. The number of hydrogen-bond donors (Lipinski definition) is 0. The molecule has 27 heavy (non-hydrogen) atoms. The SMILES string of the molecule is CN1Cc2cc(OCCCOS(C)(=O)=O)ccc2C(c2cccc(F)c2)C1. The second-order valence-corrected chi connectivity index (χ2v) is 8.54. The predicted octanol–water partition coefficient (Wildman–Crippen LogP) is 3.15. The Kier molecular flexibility index (Phi) is 6.14. The number of nitrogens with zero attached hydrogens (tertiary/aromatic N) is 1. The molecule has 7 heteroatoms. The van der Waals surface area contributed by atoms with E-state index >= 15 is 0 Å². The number of halogens is 1. The summed E-state index contributed by atoms with van der Waals surface area (Å²) in [7, 11) is -1.36. The van der Waals surface area contributed by atoms with Crippen LogP contribution in [-0.4, -0.2) is 46.4 Å². The van der Waals surface area contributed by atoms with Crippen molar-refractivity contribution in [3.63, 3.8) is 0 Å². The first kappa shape index (κ1) is 19.8. The van der Waals surface area contributed by atoms with Gasteiger partial charge in [-0.1, -0.05) is 18.2 Å². The Balaban J connectivity index is 1.69. The summed E-state index contributed by atoms with van der Waals surface area (Å²) < 4.78 is 45.9. The molecule has 5 nitrogen and oxygen atoms in total. The van der Waals surface area contributed by atoms with E-state index in [1.54, 1.807) is 12.1 Å². The van der Waals surface area contributed by atoms with Crippen LogP contribution in [0, 0.1) is 5.82 Å². The van der Waals surface area contributed by atoms with Crippen LogP contribution in [0.4, 0.5) is 4.39 Å². The molecule has 0 saturated heterocycles. The van der Waals surface area contributed by atoms with Crippen molar-refractivity contribution in [1.29, 1.82) is 0 Å². The fraction of sp³-hybridized carbons (Fsp3) is 0.400. The minimum atomic E-state index is -3.41. The number of fused-ring (bicyclic) bond motifs is 1. The minimum absolute atomic E-state index is 0.105. The fourth-order valence-electron chi connectivity index (χ4n) is 3.38. The van der Waals surface area contributed by atoms with E-state index in [1.807, 2.05) is 31.3 Å². The van der Waals surface area contributed by atoms with Crippen LogP contribution in [0.15, 0.2) is 42.5 Å². The molecule has 0 saturated carbocycles. The highest BCUT2D eigenvalue weighted by atomic mass is 32.2. The molecule has 2 aromatic carbocycles. The van der Waals surface area contributed by atoms with Gasteiger partial charge in [0.25, 0.3) is 10.1 Å². The Hall–Kier alpha value is -1.96. The highest BCUT2D eigenvalue weighted by molar-refractivity contribution is 7.85. The molecule has 0 aliphatic carbocycles. The lowest BCUT2D eigenvalue weighted by molar-refractivity contribution is 0.250. The lowest BCUT2D eigenvalue weighted by Crippen LogP contribution is -2.31. The first-order valence-electron chi connectivity index (χ1n) is 8.86. The first-order chi connectivity index (χ1) is 12.8. The number of likely N-dealkylation sites (N-methyl/N-ethyl adjacent to an activating group) is 1. The molecule has 0 fully saturated rings. The van der Waals surface area contributed by atoms with Crippen molar-refractivity contribution in [2.75, 3.05) is 33.1 Å². The molecule has 0 radical (unpaired) electrons. The van der Waals surface area contributed by atoms with E-state index in [2.05, 4.69) is 4.90 Å². The number of benzene rings is 2. The highest BCUT2D eigenvalue weighted by Gasteiger charge is 2.25. The van der Waals surface area contributed by atoms with Crippen LogP contribution in [0.25, 0.3) is 0 Å². The zero-order chi connectivity index (χ0) is 19.4. The van der Waals surface area contributed by atoms with Gasteiger partial charge in [0.15, 0.2) is 0 Å². The molecule has 1 atom stereocenters. The van der Waals surface area contributed by atoms with Crippen molar-refractivity contribution >= 4 is 10.1 Å². The van der Waals surface area contributed by atoms with Crippen molar-refractivity contribution < 1.29 is 21.7 Å². The van der Waals surface area contributed by atoms with Gasteiger partial charge in [-0.25, -0.2) is 4.39 Å². The second-order valence-electron chi connectivity index (χ2n) is 6.89. The summed E-state index contributed by atoms with van der Waals surface area (Å²) in [4.78, 5) is 2.21. The molecule has 3 rings (SSSR count). The van der Waals surface area contributed by atoms with Crippen LogP contribution >= 0.6 is 0 Å². The summed E-state index contributed by atoms with van der Waals surface area (Å²) >= 11 is 0. The van der Waals surface area contributed by atoms with E-state index in [9.17, 15) is 12.8 Å². The summed E-state index contributed by atoms with van der Waals surface area (Å²) in [5.41, 5.74) is 3.31. The Morgan fingerprint density at radius 1 is 1.19 bits per heavy atom. The molecular formula is C20H24FNO4S. The lowest BCUT2D eigenvalue weighted by atomic mass is 9.84. The zero-order valence-electron chi connectivity index (χ0n) is 15.5. The van der Waals surface area contributed by atoms with Crippen molar-refractivity contribution in [3.05, 3.63) is 65.0 Å². The largest absolute Gasteiger partial charge is 0.493 e. The van der Waals surface area contributed by atoms with E-state index < -0.39 is 10.1 Å². The minimum Gasteiger partial charge on any atom is -0.493 e. The maximum atomic E-state index is 13.7. The van der Waals surface area contributed by atoms with Crippen molar-refractivity contribution in [1.82, 2.24) is 4.90 Å². The van der Waals surface area contributed by atoms with Crippen molar-refractivity contribution in [3.8, 4) is 5.75 Å². The third-order valence-corrected chi connectivity index (χ3v) is 5.13. The Labute approximate surface area is 159 Å². The van der Waals surface area contributed by atoms with E-state index in [-0.39, 0.29) is 18.3 Å². The van der Waals surface area contributed by atoms with Crippen LogP contribution in [0.1, 0.15) is 29.0 Å². The fourth-order valence-corrected chi connectivity index (χ4v) is 3.80. The molecule has 1 aliphatic rings. The van der Waals surface area contributed by atoms with E-state index in [0.29, 0.717) is 13.0 Å². The quantitative estimate of drug-likeness (QED) is 0.534. The van der Waals surface area contributed by atoms with Gasteiger partial charge in [-0.05, 0) is 48.0 Å². The van der Waals surface area contributed by atoms with Crippen LogP contribution in [0.5, 0.6) is 5.75 Å². The normalized spacial score (nSPS) is 17.5. The predicted molar refractivity (Wildman–Crippen MR) is 102 cm³/mol. The average Bonchev–Trinajstić information content (AvgIpc) is 2.59. The second kappa shape index (κ2) is 8.37. The van der Waals surface area contributed by atoms with Crippen LogP contribution in [-0.2, 0) is 20.8 Å². The molecular weight excluding hydrogens is 369 g/mol. The summed E-state index contributed by atoms with van der Waals surface area (Å²) in [5, 5.41) is 0. The van der Waals surface area contributed by atoms with E-state index in [0.717, 1.165) is 36.2 Å². The van der Waals surface area contributed by atoms with Crippen LogP contribution in [0.2, 0.25) is 0 Å². The molecule has 1 aliphatic heterocycles. The third-order valence-electron chi connectivity index (χ3n) is 4.53. The van der Waals surface area contributed by atoms with Gasteiger partial charge in [0.05, 0.1) is 19.5 Å². The summed E-state index contributed by atoms with van der Waals surface area (Å²) in [6.07, 6.45) is 1.51. The number of hydrogen-bond acceptors (Lipinski definition) is 5. The Bertz CT molecular complexity index is 901. The maximum absolute atomic E-state index is 13.7. The lowest BCUT2D eigenvalue weighted by Gasteiger charge is -2.33. The molecule has 146 valence electrons. The summed E-state index contributed by atoms with van der Waals surface area (Å²) in [5.74, 6) is 0.631. The molecule has 1 heterocycles. The van der Waals surface area contributed by atoms with Crippen molar-refractivity contribution in [2.45, 2.75) is 18.9 Å². The van der Waals surface area contributed by atoms with Gasteiger partial charge in [0.1, 0.15) is 11.6 Å². The van der Waals surface area contributed by atoms with Gasteiger partial charge in [0, 0.05) is 25.4 Å². The molecule has 0 amide bonds. The van der Waals surface area contributed by atoms with Gasteiger partial charge < -0.3 is 9.64 Å². The van der Waals surface area contributed by atoms with Gasteiger partial charge in [-0.15, -0.1) is 0 Å².